The molecule has 0 spiro atoms. The van der Waals surface area contributed by atoms with Gasteiger partial charge in [0.2, 0.25) is 5.91 Å². The number of amides is 2. The van der Waals surface area contributed by atoms with Crippen molar-refractivity contribution in [2.75, 3.05) is 11.9 Å². The highest BCUT2D eigenvalue weighted by molar-refractivity contribution is 6.06. The molecule has 0 saturated carbocycles. The number of carbonyl (C=O) groups excluding carboxylic acids is 2. The number of benzene rings is 2. The molecule has 2 aromatic carbocycles. The van der Waals surface area contributed by atoms with Crippen molar-refractivity contribution in [2.24, 2.45) is 0 Å². The predicted octanol–water partition coefficient (Wildman–Crippen LogP) is 2.75. The first-order valence-electron chi connectivity index (χ1n) is 8.01. The number of fused-ring (bicyclic) bond motifs is 1. The third-order valence-corrected chi connectivity index (χ3v) is 3.86. The van der Waals surface area contributed by atoms with Crippen molar-refractivity contribution in [3.63, 3.8) is 0 Å². The number of para-hydroxylation sites is 1. The minimum atomic E-state index is -0.589. The van der Waals surface area contributed by atoms with Crippen molar-refractivity contribution in [1.82, 2.24) is 15.3 Å². The highest BCUT2D eigenvalue weighted by Crippen LogP contribution is 2.19. The molecule has 0 radical (unpaired) electrons. The van der Waals surface area contributed by atoms with Gasteiger partial charge in [-0.2, -0.15) is 0 Å². The first-order chi connectivity index (χ1) is 12.4. The SMILES string of the molecule is Cc1nc2cc(F)cc(C(=O)NCC(=O)Nc3ccccc3)c2nc1C. The fraction of sp³-hybridized carbons (Fsp3) is 0.158. The van der Waals surface area contributed by atoms with Crippen LogP contribution in [0.5, 0.6) is 0 Å². The lowest BCUT2D eigenvalue weighted by molar-refractivity contribution is -0.115. The summed E-state index contributed by atoms with van der Waals surface area (Å²) in [6.45, 7) is 3.28. The third-order valence-electron chi connectivity index (χ3n) is 3.86. The zero-order chi connectivity index (χ0) is 18.7. The van der Waals surface area contributed by atoms with Gasteiger partial charge in [0.25, 0.3) is 5.91 Å². The summed E-state index contributed by atoms with van der Waals surface area (Å²) in [7, 11) is 0. The van der Waals surface area contributed by atoms with Gasteiger partial charge in [0.05, 0.1) is 29.0 Å². The minimum absolute atomic E-state index is 0.0445. The molecule has 2 N–H and O–H groups in total. The third kappa shape index (κ3) is 3.83. The van der Waals surface area contributed by atoms with E-state index < -0.39 is 11.7 Å². The normalized spacial score (nSPS) is 10.6. The number of aryl methyl sites for hydroxylation is 2. The largest absolute Gasteiger partial charge is 0.343 e. The molecule has 0 bridgehead atoms. The van der Waals surface area contributed by atoms with Crippen molar-refractivity contribution in [3.05, 3.63) is 65.2 Å². The fourth-order valence-electron chi connectivity index (χ4n) is 2.45. The number of carbonyl (C=O) groups is 2. The summed E-state index contributed by atoms with van der Waals surface area (Å²) in [5.74, 6) is -1.56. The van der Waals surface area contributed by atoms with Crippen molar-refractivity contribution >= 4 is 28.5 Å². The van der Waals surface area contributed by atoms with Crippen LogP contribution >= 0.6 is 0 Å². The molecule has 3 rings (SSSR count). The summed E-state index contributed by atoms with van der Waals surface area (Å²) in [4.78, 5) is 33.0. The molecule has 3 aromatic rings. The highest BCUT2D eigenvalue weighted by atomic mass is 19.1. The van der Waals surface area contributed by atoms with Gasteiger partial charge in [-0.3, -0.25) is 9.59 Å². The molecule has 1 heterocycles. The number of rotatable bonds is 4. The van der Waals surface area contributed by atoms with Gasteiger partial charge in [-0.1, -0.05) is 18.2 Å². The first-order valence-corrected chi connectivity index (χ1v) is 8.01. The van der Waals surface area contributed by atoms with E-state index in [1.165, 1.54) is 6.07 Å². The van der Waals surface area contributed by atoms with Crippen LogP contribution in [0, 0.1) is 19.7 Å². The lowest BCUT2D eigenvalue weighted by Crippen LogP contribution is -2.33. The fourth-order valence-corrected chi connectivity index (χ4v) is 2.45. The van der Waals surface area contributed by atoms with E-state index in [1.807, 2.05) is 6.07 Å². The van der Waals surface area contributed by atoms with Crippen LogP contribution in [-0.2, 0) is 4.79 Å². The zero-order valence-electron chi connectivity index (χ0n) is 14.3. The zero-order valence-corrected chi connectivity index (χ0v) is 14.3. The summed E-state index contributed by atoms with van der Waals surface area (Å²) in [5, 5.41) is 5.15. The molecule has 26 heavy (non-hydrogen) atoms. The monoisotopic (exact) mass is 352 g/mol. The number of hydrogen-bond donors (Lipinski definition) is 2. The second-order valence-electron chi connectivity index (χ2n) is 5.81. The van der Waals surface area contributed by atoms with Crippen molar-refractivity contribution < 1.29 is 14.0 Å². The first kappa shape index (κ1) is 17.5. The second kappa shape index (κ2) is 7.26. The maximum atomic E-state index is 13.8. The molecular formula is C19H17FN4O2. The van der Waals surface area contributed by atoms with Crippen molar-refractivity contribution in [2.45, 2.75) is 13.8 Å². The van der Waals surface area contributed by atoms with Crippen LogP contribution in [-0.4, -0.2) is 28.3 Å². The number of nitrogens with one attached hydrogen (secondary N) is 2. The quantitative estimate of drug-likeness (QED) is 0.756. The lowest BCUT2D eigenvalue weighted by Gasteiger charge is -2.10. The van der Waals surface area contributed by atoms with Crippen LogP contribution in [0.25, 0.3) is 11.0 Å². The number of aromatic nitrogens is 2. The Hall–Kier alpha value is -3.35. The Kier molecular flexibility index (Phi) is 4.88. The summed E-state index contributed by atoms with van der Waals surface area (Å²) in [5.41, 5.74) is 2.59. The molecule has 0 aliphatic heterocycles. The molecule has 2 amide bonds. The Morgan fingerprint density at radius 2 is 1.73 bits per heavy atom. The Labute approximate surface area is 149 Å². The van der Waals surface area contributed by atoms with Gasteiger partial charge in [-0.25, -0.2) is 14.4 Å². The minimum Gasteiger partial charge on any atom is -0.343 e. The average molecular weight is 352 g/mol. The summed E-state index contributed by atoms with van der Waals surface area (Å²) in [6, 6.07) is 11.2. The van der Waals surface area contributed by atoms with Crippen LogP contribution in [0.1, 0.15) is 21.7 Å². The average Bonchev–Trinajstić information content (AvgIpc) is 2.61. The maximum absolute atomic E-state index is 13.8. The van der Waals surface area contributed by atoms with E-state index >= 15 is 0 Å². The summed E-state index contributed by atoms with van der Waals surface area (Å²) >= 11 is 0. The van der Waals surface area contributed by atoms with Crippen LogP contribution in [0.4, 0.5) is 10.1 Å². The summed E-state index contributed by atoms with van der Waals surface area (Å²) in [6.07, 6.45) is 0. The van der Waals surface area contributed by atoms with Crippen LogP contribution in [0.2, 0.25) is 0 Å². The number of halogens is 1. The molecule has 132 valence electrons. The Bertz CT molecular complexity index is 990. The van der Waals surface area contributed by atoms with Gasteiger partial charge in [-0.05, 0) is 32.0 Å². The van der Waals surface area contributed by atoms with Gasteiger partial charge >= 0.3 is 0 Å². The molecular weight excluding hydrogens is 335 g/mol. The molecule has 0 atom stereocenters. The van der Waals surface area contributed by atoms with Crippen molar-refractivity contribution in [3.8, 4) is 0 Å². The Balaban J connectivity index is 1.77. The maximum Gasteiger partial charge on any atom is 0.254 e. The molecule has 0 aliphatic rings. The van der Waals surface area contributed by atoms with E-state index in [-0.39, 0.29) is 18.0 Å². The van der Waals surface area contributed by atoms with Crippen molar-refractivity contribution in [1.29, 1.82) is 0 Å². The standard InChI is InChI=1S/C19H17FN4O2/c1-11-12(2)23-18-15(8-13(20)9-16(18)22-11)19(26)21-10-17(25)24-14-6-4-3-5-7-14/h3-9H,10H2,1-2H3,(H,21,26)(H,24,25). The van der Waals surface area contributed by atoms with Gasteiger partial charge in [-0.15, -0.1) is 0 Å². The smallest absolute Gasteiger partial charge is 0.254 e. The van der Waals surface area contributed by atoms with E-state index in [1.54, 1.807) is 38.1 Å². The molecule has 7 heteroatoms. The van der Waals surface area contributed by atoms with E-state index in [2.05, 4.69) is 20.6 Å². The van der Waals surface area contributed by atoms with E-state index in [0.29, 0.717) is 28.1 Å². The van der Waals surface area contributed by atoms with Gasteiger partial charge in [0.1, 0.15) is 11.3 Å². The molecule has 0 unspecified atom stereocenters. The van der Waals surface area contributed by atoms with Crippen LogP contribution in [0.3, 0.4) is 0 Å². The second-order valence-corrected chi connectivity index (χ2v) is 5.81. The van der Waals surface area contributed by atoms with E-state index in [0.717, 1.165) is 6.07 Å². The highest BCUT2D eigenvalue weighted by Gasteiger charge is 2.16. The van der Waals surface area contributed by atoms with Gasteiger partial charge in [0.15, 0.2) is 0 Å². The van der Waals surface area contributed by atoms with Gasteiger partial charge in [0, 0.05) is 11.8 Å². The summed E-state index contributed by atoms with van der Waals surface area (Å²) < 4.78 is 13.8. The number of anilines is 1. The Morgan fingerprint density at radius 3 is 2.46 bits per heavy atom. The van der Waals surface area contributed by atoms with Crippen LogP contribution < -0.4 is 10.6 Å². The number of hydrogen-bond acceptors (Lipinski definition) is 4. The predicted molar refractivity (Wildman–Crippen MR) is 96.4 cm³/mol. The van der Waals surface area contributed by atoms with Gasteiger partial charge < -0.3 is 10.6 Å². The lowest BCUT2D eigenvalue weighted by atomic mass is 10.1. The molecule has 1 aromatic heterocycles. The molecule has 0 aliphatic carbocycles. The van der Waals surface area contributed by atoms with Crippen LogP contribution in [0.15, 0.2) is 42.5 Å². The molecule has 6 nitrogen and oxygen atoms in total. The Morgan fingerprint density at radius 1 is 1.04 bits per heavy atom. The van der Waals surface area contributed by atoms with E-state index in [9.17, 15) is 14.0 Å². The van der Waals surface area contributed by atoms with E-state index in [4.69, 9.17) is 0 Å². The topological polar surface area (TPSA) is 84.0 Å². The molecule has 0 saturated heterocycles. The molecule has 0 fully saturated rings. The number of nitrogens with zero attached hydrogens (tertiary/aromatic N) is 2.